The van der Waals surface area contributed by atoms with Gasteiger partial charge in [-0.25, -0.2) is 23.3 Å². The maximum atomic E-state index is 13.0. The van der Waals surface area contributed by atoms with Crippen LogP contribution in [0.25, 0.3) is 0 Å². The summed E-state index contributed by atoms with van der Waals surface area (Å²) >= 11 is 0. The van der Waals surface area contributed by atoms with Crippen LogP contribution in [0, 0.1) is 0 Å². The molecule has 2 N–H and O–H groups in total. The number of halogens is 2. The molecule has 0 fully saturated rings. The number of urea groups is 1. The molecule has 0 spiro atoms. The minimum atomic E-state index is -4.60. The fourth-order valence-corrected chi connectivity index (χ4v) is 4.98. The van der Waals surface area contributed by atoms with Gasteiger partial charge in [0, 0.05) is 69.5 Å². The number of rotatable bonds is 4. The zero-order valence-electron chi connectivity index (χ0n) is 15.8. The SMILES string of the molecule is O=C(Nc1c2c(cc3c1CCC3)CCC2)NS(=O)(=O)c1nccnc1C(F)F.[K]. The Morgan fingerprint density at radius 3 is 2.17 bits per heavy atom. The van der Waals surface area contributed by atoms with Crippen molar-refractivity contribution in [3.8, 4) is 0 Å². The standard InChI is InChI=1S/C18H18F2N4O3S.K/c19-16(20)15-17(22-8-7-21-15)28(26,27)24-18(25)23-14-12-5-1-3-10(12)9-11-4-2-6-13(11)14;/h7-9,16H,1-6H2,(H2,23,24,25);. The van der Waals surface area contributed by atoms with Crippen LogP contribution in [-0.2, 0) is 35.7 Å². The number of nitrogens with one attached hydrogen (secondary N) is 2. The first-order valence-electron chi connectivity index (χ1n) is 8.96. The number of hydrogen-bond acceptors (Lipinski definition) is 5. The quantitative estimate of drug-likeness (QED) is 0.702. The molecule has 4 rings (SSSR count). The fourth-order valence-electron chi connectivity index (χ4n) is 3.97. The summed E-state index contributed by atoms with van der Waals surface area (Å²) in [4.78, 5) is 19.3. The maximum Gasteiger partial charge on any atom is 0.333 e. The molecular formula is C18H18F2KN4O3S. The zero-order valence-corrected chi connectivity index (χ0v) is 19.8. The maximum absolute atomic E-state index is 13.0. The first kappa shape index (κ1) is 22.7. The van der Waals surface area contributed by atoms with Gasteiger partial charge in [0.1, 0.15) is 5.69 Å². The topological polar surface area (TPSA) is 101 Å². The molecule has 0 saturated heterocycles. The number of hydrogen-bond donors (Lipinski definition) is 2. The summed E-state index contributed by atoms with van der Waals surface area (Å²) in [7, 11) is -4.60. The summed E-state index contributed by atoms with van der Waals surface area (Å²) < 4.78 is 52.7. The van der Waals surface area contributed by atoms with Gasteiger partial charge in [-0.1, -0.05) is 6.07 Å². The van der Waals surface area contributed by atoms with Crippen LogP contribution in [0.4, 0.5) is 19.3 Å². The Balaban J connectivity index is 0.00000240. The van der Waals surface area contributed by atoms with Gasteiger partial charge < -0.3 is 5.32 Å². The van der Waals surface area contributed by atoms with E-state index < -0.39 is 33.2 Å². The van der Waals surface area contributed by atoms with Crippen LogP contribution >= 0.6 is 0 Å². The van der Waals surface area contributed by atoms with Crippen molar-refractivity contribution in [2.24, 2.45) is 0 Å². The van der Waals surface area contributed by atoms with Crippen LogP contribution in [0.1, 0.15) is 47.2 Å². The molecule has 149 valence electrons. The number of amides is 2. The van der Waals surface area contributed by atoms with E-state index in [0.717, 1.165) is 62.0 Å². The Labute approximate surface area is 209 Å². The van der Waals surface area contributed by atoms with E-state index in [2.05, 4.69) is 21.4 Å². The largest absolute Gasteiger partial charge is 0.333 e. The zero-order chi connectivity index (χ0) is 19.9. The van der Waals surface area contributed by atoms with Crippen LogP contribution in [0.5, 0.6) is 0 Å². The molecule has 1 radical (unpaired) electrons. The van der Waals surface area contributed by atoms with Gasteiger partial charge >= 0.3 is 6.03 Å². The molecule has 2 aromatic rings. The smallest absolute Gasteiger partial charge is 0.307 e. The second kappa shape index (κ2) is 9.02. The van der Waals surface area contributed by atoms with Gasteiger partial charge in [0.2, 0.25) is 5.03 Å². The van der Waals surface area contributed by atoms with E-state index in [4.69, 9.17) is 0 Å². The van der Waals surface area contributed by atoms with E-state index in [-0.39, 0.29) is 51.4 Å². The number of fused-ring (bicyclic) bond motifs is 2. The van der Waals surface area contributed by atoms with Gasteiger partial charge in [-0.3, -0.25) is 4.98 Å². The van der Waals surface area contributed by atoms with Crippen molar-refractivity contribution in [2.45, 2.75) is 50.0 Å². The average molecular weight is 448 g/mol. The number of carbonyl (C=O) groups excluding carboxylic acids is 1. The normalized spacial score (nSPS) is 14.9. The second-order valence-electron chi connectivity index (χ2n) is 6.84. The average Bonchev–Trinajstić information content (AvgIpc) is 3.30. The molecule has 0 saturated carbocycles. The van der Waals surface area contributed by atoms with Crippen molar-refractivity contribution >= 4 is 73.1 Å². The van der Waals surface area contributed by atoms with Gasteiger partial charge in [0.05, 0.1) is 0 Å². The summed E-state index contributed by atoms with van der Waals surface area (Å²) in [5.74, 6) is 0. The predicted molar refractivity (Wildman–Crippen MR) is 103 cm³/mol. The van der Waals surface area contributed by atoms with Crippen molar-refractivity contribution < 1.29 is 22.0 Å². The molecule has 7 nitrogen and oxygen atoms in total. The Morgan fingerprint density at radius 1 is 1.00 bits per heavy atom. The number of aryl methyl sites for hydroxylation is 2. The molecule has 0 bridgehead atoms. The Hall–Kier alpha value is -0.984. The summed E-state index contributed by atoms with van der Waals surface area (Å²) in [6.07, 6.45) is 4.24. The first-order chi connectivity index (χ1) is 13.4. The first-order valence-corrected chi connectivity index (χ1v) is 10.4. The van der Waals surface area contributed by atoms with Gasteiger partial charge in [0.25, 0.3) is 16.4 Å². The van der Waals surface area contributed by atoms with Gasteiger partial charge in [-0.15, -0.1) is 0 Å². The number of aromatic nitrogens is 2. The number of alkyl halides is 2. The number of sulfonamides is 1. The number of anilines is 1. The Bertz CT molecular complexity index is 1030. The second-order valence-corrected chi connectivity index (χ2v) is 8.44. The van der Waals surface area contributed by atoms with Crippen molar-refractivity contribution in [3.05, 3.63) is 46.4 Å². The van der Waals surface area contributed by atoms with Crippen molar-refractivity contribution in [2.75, 3.05) is 5.32 Å². The summed E-state index contributed by atoms with van der Waals surface area (Å²) in [6, 6.07) is 1.18. The van der Waals surface area contributed by atoms with E-state index in [1.807, 2.05) is 0 Å². The van der Waals surface area contributed by atoms with Crippen molar-refractivity contribution in [1.29, 1.82) is 0 Å². The number of carbonyl (C=O) groups is 1. The Kier molecular flexibility index (Phi) is 7.06. The fraction of sp³-hybridized carbons (Fsp3) is 0.389. The molecule has 0 aliphatic heterocycles. The van der Waals surface area contributed by atoms with E-state index in [9.17, 15) is 22.0 Å². The molecule has 1 aromatic carbocycles. The predicted octanol–water partition coefficient (Wildman–Crippen LogP) is 2.52. The monoisotopic (exact) mass is 447 g/mol. The third-order valence-electron chi connectivity index (χ3n) is 5.09. The van der Waals surface area contributed by atoms with Gasteiger partial charge in [-0.2, -0.15) is 8.42 Å². The molecule has 1 aromatic heterocycles. The molecular weight excluding hydrogens is 429 g/mol. The number of nitrogens with zero attached hydrogens (tertiary/aromatic N) is 2. The van der Waals surface area contributed by atoms with E-state index >= 15 is 0 Å². The molecule has 2 aliphatic rings. The minimum absolute atomic E-state index is 0. The number of benzene rings is 1. The van der Waals surface area contributed by atoms with Crippen molar-refractivity contribution in [3.63, 3.8) is 0 Å². The summed E-state index contributed by atoms with van der Waals surface area (Å²) in [5, 5.41) is 1.70. The molecule has 0 atom stereocenters. The molecule has 1 heterocycles. The molecule has 29 heavy (non-hydrogen) atoms. The third-order valence-corrected chi connectivity index (χ3v) is 6.37. The minimum Gasteiger partial charge on any atom is -0.307 e. The van der Waals surface area contributed by atoms with Crippen LogP contribution in [0.15, 0.2) is 23.5 Å². The van der Waals surface area contributed by atoms with Gasteiger partial charge in [0.15, 0.2) is 0 Å². The summed E-state index contributed by atoms with van der Waals surface area (Å²) in [5.41, 5.74) is 4.06. The van der Waals surface area contributed by atoms with Crippen molar-refractivity contribution in [1.82, 2.24) is 14.7 Å². The molecule has 2 aliphatic carbocycles. The van der Waals surface area contributed by atoms with Crippen LogP contribution in [0.2, 0.25) is 0 Å². The van der Waals surface area contributed by atoms with E-state index in [1.54, 1.807) is 4.72 Å². The molecule has 2 amide bonds. The summed E-state index contributed by atoms with van der Waals surface area (Å²) in [6.45, 7) is 0. The van der Waals surface area contributed by atoms with Crippen LogP contribution < -0.4 is 10.0 Å². The van der Waals surface area contributed by atoms with Gasteiger partial charge in [-0.05, 0) is 60.8 Å². The Morgan fingerprint density at radius 2 is 1.59 bits per heavy atom. The van der Waals surface area contributed by atoms with E-state index in [1.165, 1.54) is 11.1 Å². The molecule has 0 unspecified atom stereocenters. The van der Waals surface area contributed by atoms with E-state index in [0.29, 0.717) is 5.69 Å². The van der Waals surface area contributed by atoms with Crippen LogP contribution in [0.3, 0.4) is 0 Å². The van der Waals surface area contributed by atoms with Crippen LogP contribution in [-0.4, -0.2) is 75.8 Å². The molecule has 11 heteroatoms. The third kappa shape index (κ3) is 4.54.